The van der Waals surface area contributed by atoms with Crippen LogP contribution in [0.15, 0.2) is 36.4 Å². The molecule has 1 amide bonds. The molecule has 0 aliphatic rings. The Morgan fingerprint density at radius 1 is 1.04 bits per heavy atom. The fourth-order valence-corrected chi connectivity index (χ4v) is 4.21. The normalized spacial score (nSPS) is 12.2. The molecule has 1 atom stereocenters. The molecule has 7 nitrogen and oxygen atoms in total. The number of benzene rings is 2. The fraction of sp³-hybridized carbons (Fsp3) is 0.350. The van der Waals surface area contributed by atoms with Crippen LogP contribution < -0.4 is 19.1 Å². The number of methoxy groups -OCH3 is 2. The summed E-state index contributed by atoms with van der Waals surface area (Å²) in [5, 5.41) is 2.79. The first-order valence-electron chi connectivity index (χ1n) is 8.67. The zero-order valence-electron chi connectivity index (χ0n) is 16.9. The second-order valence-corrected chi connectivity index (χ2v) is 8.50. The third kappa shape index (κ3) is 4.95. The van der Waals surface area contributed by atoms with Crippen LogP contribution in [0.25, 0.3) is 0 Å². The number of hydrogen-bond donors (Lipinski definition) is 1. The second-order valence-electron chi connectivity index (χ2n) is 6.64. The molecule has 0 radical (unpaired) electrons. The maximum Gasteiger partial charge on any atom is 0.247 e. The van der Waals surface area contributed by atoms with Gasteiger partial charge in [0, 0.05) is 11.8 Å². The zero-order valence-corrected chi connectivity index (χ0v) is 17.8. The first kappa shape index (κ1) is 21.6. The third-order valence-corrected chi connectivity index (χ3v) is 5.43. The van der Waals surface area contributed by atoms with Crippen LogP contribution in [0.2, 0.25) is 0 Å². The summed E-state index contributed by atoms with van der Waals surface area (Å²) < 4.78 is 36.7. The summed E-state index contributed by atoms with van der Waals surface area (Å²) in [6.45, 7) is 5.38. The Bertz CT molecular complexity index is 952. The van der Waals surface area contributed by atoms with Gasteiger partial charge in [0.05, 0.1) is 26.2 Å². The average Bonchev–Trinajstić information content (AvgIpc) is 2.59. The summed E-state index contributed by atoms with van der Waals surface area (Å²) in [5.41, 5.74) is 2.84. The number of carbonyl (C=O) groups is 1. The molecule has 2 aromatic rings. The molecule has 8 heteroatoms. The SMILES string of the molecule is COc1ccc(OC)c(N([C@@H](C)C(=O)Nc2cc(C)cc(C)c2)S(C)(=O)=O)c1. The van der Waals surface area contributed by atoms with Crippen LogP contribution in [0.3, 0.4) is 0 Å². The summed E-state index contributed by atoms with van der Waals surface area (Å²) in [7, 11) is -0.876. The Kier molecular flexibility index (Phi) is 6.56. The second kappa shape index (κ2) is 8.52. The van der Waals surface area contributed by atoms with E-state index < -0.39 is 22.0 Å². The van der Waals surface area contributed by atoms with Gasteiger partial charge in [0.2, 0.25) is 15.9 Å². The van der Waals surface area contributed by atoms with Gasteiger partial charge in [-0.3, -0.25) is 9.10 Å². The minimum absolute atomic E-state index is 0.229. The van der Waals surface area contributed by atoms with Crippen molar-refractivity contribution in [2.75, 3.05) is 30.1 Å². The molecule has 0 heterocycles. The number of amides is 1. The Morgan fingerprint density at radius 2 is 1.64 bits per heavy atom. The van der Waals surface area contributed by atoms with E-state index in [1.165, 1.54) is 27.2 Å². The minimum Gasteiger partial charge on any atom is -0.497 e. The topological polar surface area (TPSA) is 84.9 Å². The van der Waals surface area contributed by atoms with Crippen molar-refractivity contribution in [2.24, 2.45) is 0 Å². The van der Waals surface area contributed by atoms with Crippen molar-refractivity contribution < 1.29 is 22.7 Å². The molecule has 2 rings (SSSR count). The van der Waals surface area contributed by atoms with E-state index in [2.05, 4.69) is 5.32 Å². The molecule has 0 unspecified atom stereocenters. The Morgan fingerprint density at radius 3 is 2.14 bits per heavy atom. The predicted octanol–water partition coefficient (Wildman–Crippen LogP) is 3.11. The molecule has 2 aromatic carbocycles. The first-order chi connectivity index (χ1) is 13.1. The third-order valence-electron chi connectivity index (χ3n) is 4.20. The Balaban J connectivity index is 2.44. The fourth-order valence-electron chi connectivity index (χ4n) is 3.04. The van der Waals surface area contributed by atoms with E-state index in [0.29, 0.717) is 17.2 Å². The van der Waals surface area contributed by atoms with Crippen LogP contribution in [0.1, 0.15) is 18.1 Å². The van der Waals surface area contributed by atoms with E-state index in [4.69, 9.17) is 9.47 Å². The molecule has 28 heavy (non-hydrogen) atoms. The molecule has 0 aliphatic heterocycles. The smallest absolute Gasteiger partial charge is 0.247 e. The summed E-state index contributed by atoms with van der Waals surface area (Å²) in [6, 6.07) is 9.41. The lowest BCUT2D eigenvalue weighted by atomic mass is 10.1. The van der Waals surface area contributed by atoms with Gasteiger partial charge in [-0.1, -0.05) is 6.07 Å². The van der Waals surface area contributed by atoms with Gasteiger partial charge < -0.3 is 14.8 Å². The number of aryl methyl sites for hydroxylation is 2. The summed E-state index contributed by atoms with van der Waals surface area (Å²) >= 11 is 0. The quantitative estimate of drug-likeness (QED) is 0.764. The van der Waals surface area contributed by atoms with E-state index in [1.807, 2.05) is 32.0 Å². The van der Waals surface area contributed by atoms with Crippen molar-refractivity contribution >= 4 is 27.3 Å². The molecular formula is C20H26N2O5S. The largest absolute Gasteiger partial charge is 0.497 e. The van der Waals surface area contributed by atoms with Crippen LogP contribution in [0.4, 0.5) is 11.4 Å². The van der Waals surface area contributed by atoms with Crippen molar-refractivity contribution in [3.05, 3.63) is 47.5 Å². The molecule has 0 spiro atoms. The summed E-state index contributed by atoms with van der Waals surface area (Å²) in [4.78, 5) is 12.9. The average molecular weight is 407 g/mol. The number of carbonyl (C=O) groups excluding carboxylic acids is 1. The highest BCUT2D eigenvalue weighted by Gasteiger charge is 2.31. The van der Waals surface area contributed by atoms with Crippen molar-refractivity contribution in [3.8, 4) is 11.5 Å². The molecule has 0 saturated carbocycles. The summed E-state index contributed by atoms with van der Waals surface area (Å²) in [6.07, 6.45) is 1.05. The highest BCUT2D eigenvalue weighted by molar-refractivity contribution is 7.92. The number of rotatable bonds is 7. The maximum atomic E-state index is 12.9. The lowest BCUT2D eigenvalue weighted by Crippen LogP contribution is -2.45. The number of hydrogen-bond acceptors (Lipinski definition) is 5. The van der Waals surface area contributed by atoms with E-state index in [9.17, 15) is 13.2 Å². The van der Waals surface area contributed by atoms with Crippen molar-refractivity contribution in [1.82, 2.24) is 0 Å². The number of nitrogens with one attached hydrogen (secondary N) is 1. The lowest BCUT2D eigenvalue weighted by molar-refractivity contribution is -0.116. The first-order valence-corrected chi connectivity index (χ1v) is 10.5. The maximum absolute atomic E-state index is 12.9. The van der Waals surface area contributed by atoms with Gasteiger partial charge in [0.1, 0.15) is 17.5 Å². The van der Waals surface area contributed by atoms with Crippen molar-refractivity contribution in [1.29, 1.82) is 0 Å². The molecular weight excluding hydrogens is 380 g/mol. The Labute approximate surface area is 166 Å². The molecule has 0 aliphatic carbocycles. The standard InChI is InChI=1S/C20H26N2O5S/c1-13-9-14(2)11-16(10-13)21-20(23)15(3)22(28(6,24)25)18-12-17(26-4)7-8-19(18)27-5/h7-12,15H,1-6H3,(H,21,23)/t15-/m0/s1. The Hall–Kier alpha value is -2.74. The van der Waals surface area contributed by atoms with Gasteiger partial charge in [0.25, 0.3) is 0 Å². The molecule has 152 valence electrons. The lowest BCUT2D eigenvalue weighted by Gasteiger charge is -2.29. The monoisotopic (exact) mass is 406 g/mol. The van der Waals surface area contributed by atoms with Gasteiger partial charge >= 0.3 is 0 Å². The molecule has 0 saturated heterocycles. The van der Waals surface area contributed by atoms with Gasteiger partial charge in [-0.2, -0.15) is 0 Å². The van der Waals surface area contributed by atoms with Gasteiger partial charge in [-0.05, 0) is 56.2 Å². The summed E-state index contributed by atoms with van der Waals surface area (Å²) in [5.74, 6) is 0.309. The van der Waals surface area contributed by atoms with Gasteiger partial charge in [-0.15, -0.1) is 0 Å². The van der Waals surface area contributed by atoms with Crippen LogP contribution in [0, 0.1) is 13.8 Å². The van der Waals surface area contributed by atoms with Crippen LogP contribution in [-0.4, -0.2) is 40.8 Å². The van der Waals surface area contributed by atoms with Gasteiger partial charge in [-0.25, -0.2) is 8.42 Å². The molecule has 0 bridgehead atoms. The van der Waals surface area contributed by atoms with Crippen LogP contribution in [-0.2, 0) is 14.8 Å². The molecule has 0 fully saturated rings. The minimum atomic E-state index is -3.79. The van der Waals surface area contributed by atoms with E-state index in [-0.39, 0.29) is 5.69 Å². The zero-order chi connectivity index (χ0) is 21.1. The van der Waals surface area contributed by atoms with E-state index in [1.54, 1.807) is 12.1 Å². The van der Waals surface area contributed by atoms with Crippen molar-refractivity contribution in [3.63, 3.8) is 0 Å². The number of anilines is 2. The van der Waals surface area contributed by atoms with E-state index >= 15 is 0 Å². The molecule has 0 aromatic heterocycles. The number of sulfonamides is 1. The van der Waals surface area contributed by atoms with E-state index in [0.717, 1.165) is 21.7 Å². The number of ether oxygens (including phenoxy) is 2. The van der Waals surface area contributed by atoms with Crippen LogP contribution in [0.5, 0.6) is 11.5 Å². The predicted molar refractivity (Wildman–Crippen MR) is 111 cm³/mol. The molecule has 1 N–H and O–H groups in total. The number of nitrogens with zero attached hydrogens (tertiary/aromatic N) is 1. The highest BCUT2D eigenvalue weighted by Crippen LogP contribution is 2.35. The van der Waals surface area contributed by atoms with Gasteiger partial charge in [0.15, 0.2) is 0 Å². The highest BCUT2D eigenvalue weighted by atomic mass is 32.2. The van der Waals surface area contributed by atoms with Crippen LogP contribution >= 0.6 is 0 Å². The van der Waals surface area contributed by atoms with Crippen molar-refractivity contribution in [2.45, 2.75) is 26.8 Å².